The van der Waals surface area contributed by atoms with E-state index in [9.17, 15) is 0 Å². The molecule has 2 aromatic heterocycles. The predicted octanol–water partition coefficient (Wildman–Crippen LogP) is 3.34. The number of thiazole rings is 1. The van der Waals surface area contributed by atoms with Crippen molar-refractivity contribution in [3.05, 3.63) is 35.1 Å². The minimum Gasteiger partial charge on any atom is -0.265 e. The molecule has 0 aliphatic rings. The van der Waals surface area contributed by atoms with Crippen molar-refractivity contribution in [2.45, 2.75) is 9.24 Å². The average molecular weight is 229 g/mol. The van der Waals surface area contributed by atoms with Crippen LogP contribution >= 0.6 is 34.7 Å². The molecule has 0 atom stereocenters. The molecule has 13 heavy (non-hydrogen) atoms. The van der Waals surface area contributed by atoms with Gasteiger partial charge < -0.3 is 0 Å². The Morgan fingerprint density at radius 3 is 2.69 bits per heavy atom. The number of aromatic nitrogens is 2. The summed E-state index contributed by atoms with van der Waals surface area (Å²) in [6.07, 6.45) is 5.19. The van der Waals surface area contributed by atoms with E-state index in [0.717, 1.165) is 13.6 Å². The van der Waals surface area contributed by atoms with Crippen LogP contribution in [0.25, 0.3) is 0 Å². The summed E-state index contributed by atoms with van der Waals surface area (Å²) in [7, 11) is 0. The third-order valence-corrected chi connectivity index (χ3v) is 3.51. The van der Waals surface area contributed by atoms with Gasteiger partial charge in [0, 0.05) is 17.3 Å². The Labute approximate surface area is 89.0 Å². The summed E-state index contributed by atoms with van der Waals surface area (Å²) in [5, 5.41) is 0. The van der Waals surface area contributed by atoms with Crippen LogP contribution in [-0.4, -0.2) is 9.97 Å². The summed E-state index contributed by atoms with van der Waals surface area (Å²) >= 11 is 8.83. The highest BCUT2D eigenvalue weighted by Gasteiger charge is 2.01. The zero-order valence-electron chi connectivity index (χ0n) is 6.48. The molecule has 2 aromatic rings. The Hall–Kier alpha value is -0.580. The monoisotopic (exact) mass is 228 g/mol. The van der Waals surface area contributed by atoms with E-state index in [4.69, 9.17) is 11.6 Å². The summed E-state index contributed by atoms with van der Waals surface area (Å²) in [5.74, 6) is 0. The van der Waals surface area contributed by atoms with E-state index < -0.39 is 0 Å². The lowest BCUT2D eigenvalue weighted by Gasteiger charge is -1.93. The van der Waals surface area contributed by atoms with Crippen molar-refractivity contribution in [3.8, 4) is 0 Å². The summed E-state index contributed by atoms with van der Waals surface area (Å²) in [4.78, 5) is 9.20. The predicted molar refractivity (Wildman–Crippen MR) is 55.5 cm³/mol. The van der Waals surface area contributed by atoms with E-state index in [2.05, 4.69) is 9.97 Å². The van der Waals surface area contributed by atoms with Gasteiger partial charge >= 0.3 is 0 Å². The third kappa shape index (κ3) is 2.43. The second-order valence-electron chi connectivity index (χ2n) is 2.22. The third-order valence-electron chi connectivity index (χ3n) is 1.31. The molecule has 0 unspecified atom stereocenters. The molecule has 0 amide bonds. The van der Waals surface area contributed by atoms with Crippen LogP contribution in [0.2, 0.25) is 4.34 Å². The highest BCUT2D eigenvalue weighted by atomic mass is 35.5. The summed E-state index contributed by atoms with van der Waals surface area (Å²) < 4.78 is 1.67. The molecule has 0 aromatic carbocycles. The highest BCUT2D eigenvalue weighted by Crippen LogP contribution is 2.32. The van der Waals surface area contributed by atoms with Gasteiger partial charge in [0.2, 0.25) is 0 Å². The van der Waals surface area contributed by atoms with Crippen LogP contribution in [0.15, 0.2) is 40.0 Å². The van der Waals surface area contributed by atoms with Gasteiger partial charge in [-0.3, -0.25) is 4.98 Å². The van der Waals surface area contributed by atoms with E-state index in [1.165, 1.54) is 11.3 Å². The van der Waals surface area contributed by atoms with Crippen molar-refractivity contribution in [1.29, 1.82) is 0 Å². The summed E-state index contributed by atoms with van der Waals surface area (Å²) in [6.45, 7) is 0. The van der Waals surface area contributed by atoms with Crippen molar-refractivity contribution < 1.29 is 0 Å². The molecule has 0 saturated carbocycles. The maximum absolute atomic E-state index is 5.76. The Kier molecular flexibility index (Phi) is 2.83. The molecule has 0 bridgehead atoms. The van der Waals surface area contributed by atoms with Crippen molar-refractivity contribution in [3.63, 3.8) is 0 Å². The zero-order valence-corrected chi connectivity index (χ0v) is 8.86. The van der Waals surface area contributed by atoms with Crippen LogP contribution < -0.4 is 0 Å². The van der Waals surface area contributed by atoms with E-state index in [0.29, 0.717) is 0 Å². The maximum Gasteiger partial charge on any atom is 0.156 e. The Balaban J connectivity index is 2.15. The number of pyridine rings is 1. The first kappa shape index (κ1) is 8.99. The fourth-order valence-corrected chi connectivity index (χ4v) is 2.87. The largest absolute Gasteiger partial charge is 0.265 e. The molecule has 5 heteroatoms. The normalized spacial score (nSPS) is 10.2. The topological polar surface area (TPSA) is 25.8 Å². The van der Waals surface area contributed by atoms with Crippen molar-refractivity contribution in [2.24, 2.45) is 0 Å². The Morgan fingerprint density at radius 2 is 2.08 bits per heavy atom. The molecule has 2 nitrogen and oxygen atoms in total. The molecule has 0 aliphatic heterocycles. The average Bonchev–Trinajstić information content (AvgIpc) is 2.53. The second-order valence-corrected chi connectivity index (χ2v) is 5.20. The SMILES string of the molecule is Clc1cnc(Sc2ccncc2)s1. The standard InChI is InChI=1S/C8H5ClN2S2/c9-7-5-11-8(13-7)12-6-1-3-10-4-2-6/h1-5H. The zero-order chi connectivity index (χ0) is 9.10. The Morgan fingerprint density at radius 1 is 1.31 bits per heavy atom. The molecule has 0 N–H and O–H groups in total. The highest BCUT2D eigenvalue weighted by molar-refractivity contribution is 8.01. The van der Waals surface area contributed by atoms with Crippen LogP contribution in [0.4, 0.5) is 0 Å². The van der Waals surface area contributed by atoms with E-state index >= 15 is 0 Å². The lowest BCUT2D eigenvalue weighted by Crippen LogP contribution is -1.72. The molecule has 0 radical (unpaired) electrons. The smallest absolute Gasteiger partial charge is 0.156 e. The second kappa shape index (κ2) is 4.09. The van der Waals surface area contributed by atoms with Gasteiger partial charge in [-0.25, -0.2) is 4.98 Å². The first-order valence-electron chi connectivity index (χ1n) is 3.54. The molecular weight excluding hydrogens is 224 g/mol. The van der Waals surface area contributed by atoms with Gasteiger partial charge in [-0.05, 0) is 12.1 Å². The van der Waals surface area contributed by atoms with Gasteiger partial charge in [-0.2, -0.15) is 0 Å². The number of hydrogen-bond donors (Lipinski definition) is 0. The molecule has 66 valence electrons. The maximum atomic E-state index is 5.76. The van der Waals surface area contributed by atoms with Gasteiger partial charge in [-0.1, -0.05) is 34.7 Å². The number of nitrogens with zero attached hydrogens (tertiary/aromatic N) is 2. The van der Waals surface area contributed by atoms with Crippen LogP contribution in [0, 0.1) is 0 Å². The van der Waals surface area contributed by atoms with Crippen LogP contribution in [0.1, 0.15) is 0 Å². The number of hydrogen-bond acceptors (Lipinski definition) is 4. The number of halogens is 1. The minimum absolute atomic E-state index is 0.719. The molecule has 0 spiro atoms. The molecule has 2 heterocycles. The first-order valence-corrected chi connectivity index (χ1v) is 5.55. The summed E-state index contributed by atoms with van der Waals surface area (Å²) in [5.41, 5.74) is 0. The Bertz CT molecular complexity index is 388. The number of rotatable bonds is 2. The van der Waals surface area contributed by atoms with Crippen LogP contribution in [0.3, 0.4) is 0 Å². The van der Waals surface area contributed by atoms with Gasteiger partial charge in [0.1, 0.15) is 4.34 Å². The van der Waals surface area contributed by atoms with Crippen molar-refractivity contribution in [2.75, 3.05) is 0 Å². The van der Waals surface area contributed by atoms with Gasteiger partial charge in [0.05, 0.1) is 6.20 Å². The molecular formula is C8H5ClN2S2. The fourth-order valence-electron chi connectivity index (χ4n) is 0.794. The van der Waals surface area contributed by atoms with Crippen molar-refractivity contribution >= 4 is 34.7 Å². The van der Waals surface area contributed by atoms with E-state index in [-0.39, 0.29) is 0 Å². The van der Waals surface area contributed by atoms with Crippen LogP contribution in [-0.2, 0) is 0 Å². The molecule has 0 aliphatic carbocycles. The van der Waals surface area contributed by atoms with Crippen LogP contribution in [0.5, 0.6) is 0 Å². The first-order chi connectivity index (χ1) is 6.34. The lowest BCUT2D eigenvalue weighted by molar-refractivity contribution is 1.23. The van der Waals surface area contributed by atoms with E-state index in [1.54, 1.807) is 30.4 Å². The molecule has 2 rings (SSSR count). The van der Waals surface area contributed by atoms with Gasteiger partial charge in [0.15, 0.2) is 4.34 Å². The quantitative estimate of drug-likeness (QED) is 0.789. The van der Waals surface area contributed by atoms with Crippen molar-refractivity contribution in [1.82, 2.24) is 9.97 Å². The molecule has 0 fully saturated rings. The lowest BCUT2D eigenvalue weighted by atomic mass is 10.5. The van der Waals surface area contributed by atoms with Gasteiger partial charge in [0.25, 0.3) is 0 Å². The molecule has 0 saturated heterocycles. The minimum atomic E-state index is 0.719. The van der Waals surface area contributed by atoms with E-state index in [1.807, 2.05) is 12.1 Å². The summed E-state index contributed by atoms with van der Waals surface area (Å²) in [6, 6.07) is 3.89. The fraction of sp³-hybridized carbons (Fsp3) is 0. The van der Waals surface area contributed by atoms with Gasteiger partial charge in [-0.15, -0.1) is 0 Å².